The number of nitrogens with one attached hydrogen (secondary N) is 2. The standard InChI is InChI=1S/C26H23F3N8O2S/c1-16-3-6-18(11-22(16)40(2,38)39)20-9-10-21-23(34-20)24(32-13-26(27,28)29)36-25(35-21)31-12-17-4-7-19(8-5-17)37-15-30-14-33-37/h3-11,14-15H,12-13H2,1-2H3,(H2,31,32,35,36). The van der Waals surface area contributed by atoms with E-state index in [1.54, 1.807) is 42.2 Å². The van der Waals surface area contributed by atoms with Crippen molar-refractivity contribution in [1.82, 2.24) is 29.7 Å². The molecule has 2 N–H and O–H groups in total. The summed E-state index contributed by atoms with van der Waals surface area (Å²) in [5.41, 5.74) is 3.56. The van der Waals surface area contributed by atoms with Crippen molar-refractivity contribution in [3.8, 4) is 16.9 Å². The highest BCUT2D eigenvalue weighted by Crippen LogP contribution is 2.28. The first-order chi connectivity index (χ1) is 19.0. The highest BCUT2D eigenvalue weighted by atomic mass is 32.2. The number of aryl methyl sites for hydroxylation is 1. The number of nitrogens with zero attached hydrogens (tertiary/aromatic N) is 6. The van der Waals surface area contributed by atoms with Crippen LogP contribution in [0.25, 0.3) is 28.0 Å². The molecule has 0 amide bonds. The van der Waals surface area contributed by atoms with Gasteiger partial charge in [0.15, 0.2) is 15.7 Å². The lowest BCUT2D eigenvalue weighted by Gasteiger charge is -2.14. The second-order valence-corrected chi connectivity index (χ2v) is 11.0. The molecule has 10 nitrogen and oxygen atoms in total. The zero-order chi connectivity index (χ0) is 28.5. The molecule has 0 saturated carbocycles. The van der Waals surface area contributed by atoms with Crippen LogP contribution in [0.5, 0.6) is 0 Å². The minimum atomic E-state index is -4.49. The van der Waals surface area contributed by atoms with Gasteiger partial charge in [-0.15, -0.1) is 0 Å². The number of hydrogen-bond acceptors (Lipinski definition) is 9. The van der Waals surface area contributed by atoms with Gasteiger partial charge in [-0.05, 0) is 48.4 Å². The number of rotatable bonds is 8. The maximum atomic E-state index is 13.1. The Morgan fingerprint density at radius 1 is 0.950 bits per heavy atom. The minimum Gasteiger partial charge on any atom is -0.359 e. The molecule has 0 aliphatic heterocycles. The topological polar surface area (TPSA) is 128 Å². The molecule has 40 heavy (non-hydrogen) atoms. The van der Waals surface area contributed by atoms with Gasteiger partial charge in [0.05, 0.1) is 21.8 Å². The van der Waals surface area contributed by atoms with Gasteiger partial charge in [0.25, 0.3) is 0 Å². The molecule has 3 aromatic heterocycles. The molecule has 0 bridgehead atoms. The first-order valence-corrected chi connectivity index (χ1v) is 13.8. The quantitative estimate of drug-likeness (QED) is 0.277. The molecule has 0 fully saturated rings. The number of hydrogen-bond donors (Lipinski definition) is 2. The van der Waals surface area contributed by atoms with Crippen LogP contribution in [0.15, 0.2) is 72.1 Å². The lowest BCUT2D eigenvalue weighted by molar-refractivity contribution is -0.115. The van der Waals surface area contributed by atoms with E-state index in [9.17, 15) is 21.6 Å². The predicted octanol–water partition coefficient (Wildman–Crippen LogP) is 4.57. The van der Waals surface area contributed by atoms with Crippen LogP contribution >= 0.6 is 0 Å². The SMILES string of the molecule is Cc1ccc(-c2ccc3nc(NCc4ccc(-n5cncn5)cc4)nc(NCC(F)(F)F)c3n2)cc1S(C)(=O)=O. The lowest BCUT2D eigenvalue weighted by Crippen LogP contribution is -2.22. The fourth-order valence-electron chi connectivity index (χ4n) is 4.01. The van der Waals surface area contributed by atoms with Gasteiger partial charge in [0.1, 0.15) is 24.7 Å². The van der Waals surface area contributed by atoms with E-state index < -0.39 is 22.6 Å². The summed E-state index contributed by atoms with van der Waals surface area (Å²) < 4.78 is 65.2. The molecule has 0 saturated heterocycles. The largest absolute Gasteiger partial charge is 0.405 e. The number of pyridine rings is 1. The van der Waals surface area contributed by atoms with Crippen molar-refractivity contribution in [3.05, 3.63) is 78.4 Å². The first kappa shape index (κ1) is 27.0. The van der Waals surface area contributed by atoms with Gasteiger partial charge >= 0.3 is 6.18 Å². The van der Waals surface area contributed by atoms with Gasteiger partial charge in [-0.2, -0.15) is 23.3 Å². The van der Waals surface area contributed by atoms with E-state index in [0.717, 1.165) is 17.5 Å². The number of anilines is 2. The number of alkyl halides is 3. The highest BCUT2D eigenvalue weighted by Gasteiger charge is 2.27. The molecule has 0 aliphatic rings. The van der Waals surface area contributed by atoms with Crippen LogP contribution in [0.1, 0.15) is 11.1 Å². The number of benzene rings is 2. The third-order valence-electron chi connectivity index (χ3n) is 5.95. The number of halogens is 3. The van der Waals surface area contributed by atoms with Crippen LogP contribution in [0.3, 0.4) is 0 Å². The maximum absolute atomic E-state index is 13.1. The zero-order valence-electron chi connectivity index (χ0n) is 21.3. The van der Waals surface area contributed by atoms with Gasteiger partial charge in [-0.25, -0.2) is 28.1 Å². The van der Waals surface area contributed by atoms with Crippen LogP contribution in [-0.2, 0) is 16.4 Å². The monoisotopic (exact) mass is 568 g/mol. The fourth-order valence-corrected chi connectivity index (χ4v) is 5.00. The maximum Gasteiger partial charge on any atom is 0.405 e. The van der Waals surface area contributed by atoms with Crippen LogP contribution in [0, 0.1) is 6.92 Å². The van der Waals surface area contributed by atoms with E-state index in [0.29, 0.717) is 28.9 Å². The average molecular weight is 569 g/mol. The molecule has 2 aromatic carbocycles. The van der Waals surface area contributed by atoms with E-state index in [-0.39, 0.29) is 22.2 Å². The van der Waals surface area contributed by atoms with Crippen molar-refractivity contribution < 1.29 is 21.6 Å². The molecule has 5 rings (SSSR count). The summed E-state index contributed by atoms with van der Waals surface area (Å²) in [6.45, 7) is 0.669. The Labute approximate surface area is 227 Å². The zero-order valence-corrected chi connectivity index (χ0v) is 22.1. The molecule has 0 unspecified atom stereocenters. The predicted molar refractivity (Wildman–Crippen MR) is 144 cm³/mol. The number of fused-ring (bicyclic) bond motifs is 1. The molecular formula is C26H23F3N8O2S. The Balaban J connectivity index is 1.46. The Hall–Kier alpha value is -4.59. The molecule has 0 radical (unpaired) electrons. The van der Waals surface area contributed by atoms with Crippen LogP contribution in [0.4, 0.5) is 24.9 Å². The summed E-state index contributed by atoms with van der Waals surface area (Å²) in [6.07, 6.45) is -0.369. The summed E-state index contributed by atoms with van der Waals surface area (Å²) in [4.78, 5) is 17.3. The summed E-state index contributed by atoms with van der Waals surface area (Å²) in [5.74, 6) is 0.00503. The molecule has 14 heteroatoms. The fraction of sp³-hybridized carbons (Fsp3) is 0.192. The molecular weight excluding hydrogens is 545 g/mol. The molecule has 0 atom stereocenters. The van der Waals surface area contributed by atoms with Crippen molar-refractivity contribution >= 4 is 32.6 Å². The van der Waals surface area contributed by atoms with Gasteiger partial charge in [-0.3, -0.25) is 0 Å². The van der Waals surface area contributed by atoms with E-state index in [2.05, 4.69) is 35.7 Å². The van der Waals surface area contributed by atoms with Crippen LogP contribution in [-0.4, -0.2) is 57.1 Å². The third-order valence-corrected chi connectivity index (χ3v) is 7.19. The Morgan fingerprint density at radius 2 is 1.73 bits per heavy atom. The Kier molecular flexibility index (Phi) is 7.10. The number of aromatic nitrogens is 6. The summed E-state index contributed by atoms with van der Waals surface area (Å²) in [6, 6.07) is 15.5. The van der Waals surface area contributed by atoms with E-state index in [1.165, 1.54) is 12.4 Å². The van der Waals surface area contributed by atoms with Crippen molar-refractivity contribution in [1.29, 1.82) is 0 Å². The molecule has 3 heterocycles. The van der Waals surface area contributed by atoms with E-state index in [1.807, 2.05) is 24.3 Å². The Morgan fingerprint density at radius 3 is 2.40 bits per heavy atom. The van der Waals surface area contributed by atoms with Gasteiger partial charge in [0.2, 0.25) is 5.95 Å². The van der Waals surface area contributed by atoms with Crippen LogP contribution in [0.2, 0.25) is 0 Å². The van der Waals surface area contributed by atoms with Crippen LogP contribution < -0.4 is 10.6 Å². The van der Waals surface area contributed by atoms with Gasteiger partial charge in [0, 0.05) is 18.4 Å². The average Bonchev–Trinajstić information content (AvgIpc) is 3.45. The first-order valence-electron chi connectivity index (χ1n) is 11.9. The highest BCUT2D eigenvalue weighted by molar-refractivity contribution is 7.90. The summed E-state index contributed by atoms with van der Waals surface area (Å²) >= 11 is 0. The second kappa shape index (κ2) is 10.5. The summed E-state index contributed by atoms with van der Waals surface area (Å²) in [7, 11) is -3.49. The molecule has 5 aromatic rings. The van der Waals surface area contributed by atoms with Gasteiger partial charge < -0.3 is 10.6 Å². The molecule has 0 spiro atoms. The van der Waals surface area contributed by atoms with Crippen molar-refractivity contribution in [2.45, 2.75) is 24.5 Å². The molecule has 0 aliphatic carbocycles. The Bertz CT molecular complexity index is 1780. The van der Waals surface area contributed by atoms with Crippen molar-refractivity contribution in [3.63, 3.8) is 0 Å². The lowest BCUT2D eigenvalue weighted by atomic mass is 10.1. The van der Waals surface area contributed by atoms with Crippen molar-refractivity contribution in [2.24, 2.45) is 0 Å². The normalized spacial score (nSPS) is 12.0. The third kappa shape index (κ3) is 6.17. The van der Waals surface area contributed by atoms with Gasteiger partial charge in [-0.1, -0.05) is 24.3 Å². The van der Waals surface area contributed by atoms with E-state index >= 15 is 0 Å². The summed E-state index contributed by atoms with van der Waals surface area (Å²) in [5, 5.41) is 9.45. The number of sulfone groups is 1. The molecule has 206 valence electrons. The van der Waals surface area contributed by atoms with Crippen molar-refractivity contribution in [2.75, 3.05) is 23.4 Å². The second-order valence-electron chi connectivity index (χ2n) is 9.04. The minimum absolute atomic E-state index is 0.108. The van der Waals surface area contributed by atoms with E-state index in [4.69, 9.17) is 0 Å². The smallest absolute Gasteiger partial charge is 0.359 e.